The van der Waals surface area contributed by atoms with Crippen molar-refractivity contribution >= 4 is 26.7 Å². The molecule has 0 atom stereocenters. The molecule has 2 aromatic rings. The highest BCUT2D eigenvalue weighted by molar-refractivity contribution is 9.10. The summed E-state index contributed by atoms with van der Waals surface area (Å²) in [6.45, 7) is 0. The molecule has 0 spiro atoms. The second-order valence-corrected chi connectivity index (χ2v) is 3.70. The van der Waals surface area contributed by atoms with Gasteiger partial charge in [-0.1, -0.05) is 6.07 Å². The number of hydrogen-bond acceptors (Lipinski definition) is 2. The Labute approximate surface area is 88.8 Å². The van der Waals surface area contributed by atoms with Crippen LogP contribution in [0.4, 0.5) is 0 Å². The van der Waals surface area contributed by atoms with Gasteiger partial charge in [-0.2, -0.15) is 0 Å². The lowest BCUT2D eigenvalue weighted by atomic mass is 10.1. The van der Waals surface area contributed by atoms with Crippen molar-refractivity contribution in [2.24, 2.45) is 0 Å². The summed E-state index contributed by atoms with van der Waals surface area (Å²) >= 11 is 3.37. The van der Waals surface area contributed by atoms with E-state index in [0.29, 0.717) is 11.1 Å². The maximum absolute atomic E-state index is 11.5. The summed E-state index contributed by atoms with van der Waals surface area (Å²) in [6, 6.07) is 5.39. The number of H-pyrrole nitrogens is 1. The topological polar surface area (TPSA) is 42.1 Å². The minimum atomic E-state index is -0.109. The van der Waals surface area contributed by atoms with Gasteiger partial charge < -0.3 is 9.72 Å². The van der Waals surface area contributed by atoms with Gasteiger partial charge in [0.2, 0.25) is 0 Å². The number of benzene rings is 1. The van der Waals surface area contributed by atoms with Crippen molar-refractivity contribution in [2.45, 2.75) is 0 Å². The van der Waals surface area contributed by atoms with Crippen molar-refractivity contribution in [1.29, 1.82) is 0 Å². The number of aromatic amines is 1. The van der Waals surface area contributed by atoms with Gasteiger partial charge >= 0.3 is 0 Å². The standard InChI is InChI=1S/C10H8BrNO2/c1-14-8-4-2-3-6-9(8)7(11)5-12-10(6)13/h2-5H,1H3,(H,12,13). The van der Waals surface area contributed by atoms with Crippen LogP contribution in [0.3, 0.4) is 0 Å². The van der Waals surface area contributed by atoms with Gasteiger partial charge in [0.25, 0.3) is 5.56 Å². The summed E-state index contributed by atoms with van der Waals surface area (Å²) in [5.41, 5.74) is -0.109. The molecule has 0 saturated heterocycles. The van der Waals surface area contributed by atoms with Crippen molar-refractivity contribution in [1.82, 2.24) is 4.98 Å². The van der Waals surface area contributed by atoms with E-state index in [9.17, 15) is 4.79 Å². The molecule has 0 radical (unpaired) electrons. The highest BCUT2D eigenvalue weighted by Gasteiger charge is 2.07. The fraction of sp³-hybridized carbons (Fsp3) is 0.100. The Kier molecular flexibility index (Phi) is 2.29. The average Bonchev–Trinajstić information content (AvgIpc) is 2.23. The highest BCUT2D eigenvalue weighted by atomic mass is 79.9. The van der Waals surface area contributed by atoms with Crippen LogP contribution < -0.4 is 10.3 Å². The Balaban J connectivity index is 2.99. The molecule has 0 unspecified atom stereocenters. The Hall–Kier alpha value is -1.29. The first-order chi connectivity index (χ1) is 6.74. The van der Waals surface area contributed by atoms with Crippen LogP contribution in [-0.2, 0) is 0 Å². The van der Waals surface area contributed by atoms with Crippen LogP contribution in [0.1, 0.15) is 0 Å². The first-order valence-corrected chi connectivity index (χ1v) is 4.87. The molecule has 0 aliphatic rings. The first-order valence-electron chi connectivity index (χ1n) is 4.08. The predicted molar refractivity (Wildman–Crippen MR) is 58.8 cm³/mol. The predicted octanol–water partition coefficient (Wildman–Crippen LogP) is 2.30. The fourth-order valence-electron chi connectivity index (χ4n) is 1.42. The van der Waals surface area contributed by atoms with Gasteiger partial charge in [-0.3, -0.25) is 4.79 Å². The molecule has 0 aliphatic heterocycles. The number of hydrogen-bond donors (Lipinski definition) is 1. The van der Waals surface area contributed by atoms with Crippen LogP contribution >= 0.6 is 15.9 Å². The Morgan fingerprint density at radius 3 is 2.93 bits per heavy atom. The molecule has 2 rings (SSSR count). The molecule has 0 bridgehead atoms. The molecule has 0 aliphatic carbocycles. The molecular weight excluding hydrogens is 246 g/mol. The zero-order chi connectivity index (χ0) is 10.1. The van der Waals surface area contributed by atoms with Gasteiger partial charge in [-0.05, 0) is 28.1 Å². The van der Waals surface area contributed by atoms with Gasteiger partial charge in [-0.25, -0.2) is 0 Å². The zero-order valence-corrected chi connectivity index (χ0v) is 9.09. The summed E-state index contributed by atoms with van der Waals surface area (Å²) in [4.78, 5) is 14.1. The van der Waals surface area contributed by atoms with Gasteiger partial charge in [0.05, 0.1) is 12.5 Å². The number of fused-ring (bicyclic) bond motifs is 1. The molecule has 0 saturated carbocycles. The van der Waals surface area contributed by atoms with Crippen LogP contribution in [0.2, 0.25) is 0 Å². The molecule has 72 valence electrons. The molecule has 1 N–H and O–H groups in total. The molecule has 1 aromatic carbocycles. The van der Waals surface area contributed by atoms with Crippen LogP contribution in [0, 0.1) is 0 Å². The zero-order valence-electron chi connectivity index (χ0n) is 7.50. The molecule has 4 heteroatoms. The minimum absolute atomic E-state index is 0.109. The summed E-state index contributed by atoms with van der Waals surface area (Å²) in [5.74, 6) is 0.695. The molecule has 1 aromatic heterocycles. The molecule has 0 fully saturated rings. The maximum Gasteiger partial charge on any atom is 0.256 e. The summed E-state index contributed by atoms with van der Waals surface area (Å²) in [5, 5.41) is 1.43. The third-order valence-electron chi connectivity index (χ3n) is 2.06. The van der Waals surface area contributed by atoms with Crippen LogP contribution in [0.5, 0.6) is 5.75 Å². The van der Waals surface area contributed by atoms with E-state index < -0.39 is 0 Å². The van der Waals surface area contributed by atoms with Crippen LogP contribution in [0.15, 0.2) is 33.7 Å². The van der Waals surface area contributed by atoms with E-state index in [1.807, 2.05) is 6.07 Å². The van der Waals surface area contributed by atoms with Crippen molar-refractivity contribution in [2.75, 3.05) is 7.11 Å². The number of ether oxygens (including phenoxy) is 1. The number of nitrogens with one attached hydrogen (secondary N) is 1. The second-order valence-electron chi connectivity index (χ2n) is 2.85. The lowest BCUT2D eigenvalue weighted by Gasteiger charge is -2.05. The number of methoxy groups -OCH3 is 1. The molecule has 3 nitrogen and oxygen atoms in total. The summed E-state index contributed by atoms with van der Waals surface area (Å²) < 4.78 is 6.00. The first kappa shape index (κ1) is 9.27. The number of rotatable bonds is 1. The van der Waals surface area contributed by atoms with Gasteiger partial charge in [0.15, 0.2) is 0 Å². The number of pyridine rings is 1. The molecule has 14 heavy (non-hydrogen) atoms. The van der Waals surface area contributed by atoms with Gasteiger partial charge in [-0.15, -0.1) is 0 Å². The normalized spacial score (nSPS) is 10.4. The lowest BCUT2D eigenvalue weighted by molar-refractivity contribution is 0.419. The second kappa shape index (κ2) is 3.46. The van der Waals surface area contributed by atoms with E-state index in [2.05, 4.69) is 20.9 Å². The third kappa shape index (κ3) is 1.32. The van der Waals surface area contributed by atoms with Gasteiger partial charge in [0.1, 0.15) is 5.75 Å². The Morgan fingerprint density at radius 2 is 2.21 bits per heavy atom. The van der Waals surface area contributed by atoms with E-state index in [0.717, 1.165) is 9.86 Å². The average molecular weight is 254 g/mol. The minimum Gasteiger partial charge on any atom is -0.496 e. The van der Waals surface area contributed by atoms with Crippen molar-refractivity contribution in [3.8, 4) is 5.75 Å². The maximum atomic E-state index is 11.5. The fourth-order valence-corrected chi connectivity index (χ4v) is 1.94. The number of aromatic nitrogens is 1. The van der Waals surface area contributed by atoms with Crippen molar-refractivity contribution in [3.63, 3.8) is 0 Å². The lowest BCUT2D eigenvalue weighted by Crippen LogP contribution is -2.05. The quantitative estimate of drug-likeness (QED) is 0.848. The van der Waals surface area contributed by atoms with Gasteiger partial charge in [0, 0.05) is 16.1 Å². The molecule has 0 amide bonds. The summed E-state index contributed by atoms with van der Waals surface area (Å²) in [6.07, 6.45) is 1.62. The van der Waals surface area contributed by atoms with Crippen LogP contribution in [0.25, 0.3) is 10.8 Å². The highest BCUT2D eigenvalue weighted by Crippen LogP contribution is 2.29. The monoisotopic (exact) mass is 253 g/mol. The third-order valence-corrected chi connectivity index (χ3v) is 2.69. The SMILES string of the molecule is COc1cccc2c(=O)[nH]cc(Br)c12. The molecular formula is C10H8BrNO2. The van der Waals surface area contributed by atoms with Crippen LogP contribution in [-0.4, -0.2) is 12.1 Å². The van der Waals surface area contributed by atoms with E-state index >= 15 is 0 Å². The Morgan fingerprint density at radius 1 is 1.43 bits per heavy atom. The summed E-state index contributed by atoms with van der Waals surface area (Å²) in [7, 11) is 1.59. The Bertz CT molecular complexity index is 533. The number of halogens is 1. The smallest absolute Gasteiger partial charge is 0.256 e. The van der Waals surface area contributed by atoms with E-state index in [1.165, 1.54) is 0 Å². The van der Waals surface area contributed by atoms with Crippen molar-refractivity contribution < 1.29 is 4.74 Å². The van der Waals surface area contributed by atoms with E-state index in [4.69, 9.17) is 4.74 Å². The molecule has 1 heterocycles. The van der Waals surface area contributed by atoms with E-state index in [-0.39, 0.29) is 5.56 Å². The largest absolute Gasteiger partial charge is 0.496 e. The van der Waals surface area contributed by atoms with Crippen molar-refractivity contribution in [3.05, 3.63) is 39.2 Å². The van der Waals surface area contributed by atoms with E-state index in [1.54, 1.807) is 25.4 Å².